The number of amides is 3. The highest BCUT2D eigenvalue weighted by Gasteiger charge is 2.30. The number of hydrogen-bond acceptors (Lipinski definition) is 5. The lowest BCUT2D eigenvalue weighted by Crippen LogP contribution is -2.51. The molecule has 0 aromatic heterocycles. The molecule has 9 heteroatoms. The van der Waals surface area contributed by atoms with Gasteiger partial charge in [-0.25, -0.2) is 0 Å². The van der Waals surface area contributed by atoms with E-state index in [1.807, 2.05) is 44.2 Å². The van der Waals surface area contributed by atoms with Gasteiger partial charge in [0.15, 0.2) is 0 Å². The minimum atomic E-state index is -1.12. The Morgan fingerprint density at radius 3 is 2.23 bits per heavy atom. The number of carbonyl (C=O) groups excluding carboxylic acids is 3. The van der Waals surface area contributed by atoms with Gasteiger partial charge in [0.25, 0.3) is 0 Å². The molecule has 1 saturated carbocycles. The topological polar surface area (TPSA) is 145 Å². The van der Waals surface area contributed by atoms with Gasteiger partial charge < -0.3 is 26.2 Å². The summed E-state index contributed by atoms with van der Waals surface area (Å²) in [5.41, 5.74) is 1.05. The van der Waals surface area contributed by atoms with Gasteiger partial charge in [-0.3, -0.25) is 19.2 Å². The van der Waals surface area contributed by atoms with E-state index in [0.29, 0.717) is 38.1 Å². The van der Waals surface area contributed by atoms with Crippen LogP contribution >= 0.6 is 0 Å². The molecular formula is C30H47N3O6. The van der Waals surface area contributed by atoms with Crippen molar-refractivity contribution in [1.29, 1.82) is 0 Å². The molecule has 5 N–H and O–H groups in total. The number of carboxylic acid groups (broad SMARTS) is 1. The first-order chi connectivity index (χ1) is 18.7. The van der Waals surface area contributed by atoms with Crippen molar-refractivity contribution in [2.45, 2.75) is 109 Å². The van der Waals surface area contributed by atoms with Crippen molar-refractivity contribution in [3.05, 3.63) is 35.9 Å². The number of nitrogens with one attached hydrogen (secondary N) is 3. The summed E-state index contributed by atoms with van der Waals surface area (Å²) in [5, 5.41) is 28.6. The quantitative estimate of drug-likeness (QED) is 0.203. The summed E-state index contributed by atoms with van der Waals surface area (Å²) in [5.74, 6) is -1.97. The number of carbonyl (C=O) groups is 4. The number of aliphatic carboxylic acids is 1. The smallest absolute Gasteiger partial charge is 0.303 e. The second-order valence-electron chi connectivity index (χ2n) is 10.7. The standard InChI is InChI=1S/C30H47N3O6/c1-3-23(4-2)29(38)33-25(19-22-13-9-6-10-14-22)26(34)20-27(35)32-24(15-16-28(36)37)30(39)31-18-17-21-11-7-5-8-12-21/h5,7-8,11-12,22-26,34H,3-4,6,9-10,13-20H2,1-2H3,(H,31,39)(H,32,35)(H,33,38)(H,36,37)/t24-,25-,26-/m0/s1. The summed E-state index contributed by atoms with van der Waals surface area (Å²) in [6.45, 7) is 4.25. The van der Waals surface area contributed by atoms with Crippen LogP contribution in [0.25, 0.3) is 0 Å². The number of hydrogen-bond donors (Lipinski definition) is 5. The molecule has 218 valence electrons. The molecule has 0 bridgehead atoms. The average molecular weight is 546 g/mol. The SMILES string of the molecule is CCC(CC)C(=O)N[C@@H](CC1CCCCC1)[C@@H](O)CC(=O)N[C@@H](CCC(=O)O)C(=O)NCCc1ccccc1. The second kappa shape index (κ2) is 17.6. The zero-order valence-corrected chi connectivity index (χ0v) is 23.5. The molecule has 1 aliphatic carbocycles. The van der Waals surface area contributed by atoms with Crippen LogP contribution < -0.4 is 16.0 Å². The van der Waals surface area contributed by atoms with Gasteiger partial charge >= 0.3 is 5.97 Å². The lowest BCUT2D eigenvalue weighted by atomic mass is 9.83. The maximum atomic E-state index is 12.9. The highest BCUT2D eigenvalue weighted by molar-refractivity contribution is 5.88. The number of benzene rings is 1. The maximum absolute atomic E-state index is 12.9. The number of aliphatic hydroxyl groups is 1. The van der Waals surface area contributed by atoms with Gasteiger partial charge in [-0.15, -0.1) is 0 Å². The normalized spacial score (nSPS) is 16.2. The van der Waals surface area contributed by atoms with Crippen molar-refractivity contribution in [3.8, 4) is 0 Å². The molecule has 2 rings (SSSR count). The van der Waals surface area contributed by atoms with E-state index in [1.54, 1.807) is 0 Å². The van der Waals surface area contributed by atoms with Crippen LogP contribution in [0.3, 0.4) is 0 Å². The van der Waals surface area contributed by atoms with Crippen molar-refractivity contribution in [2.75, 3.05) is 6.54 Å². The predicted octanol–water partition coefficient (Wildman–Crippen LogP) is 3.34. The minimum Gasteiger partial charge on any atom is -0.481 e. The highest BCUT2D eigenvalue weighted by atomic mass is 16.4. The van der Waals surface area contributed by atoms with Crippen molar-refractivity contribution in [3.63, 3.8) is 0 Å². The fourth-order valence-corrected chi connectivity index (χ4v) is 5.27. The maximum Gasteiger partial charge on any atom is 0.303 e. The molecule has 0 heterocycles. The third kappa shape index (κ3) is 12.2. The largest absolute Gasteiger partial charge is 0.481 e. The average Bonchev–Trinajstić information content (AvgIpc) is 2.92. The Labute approximate surface area is 232 Å². The highest BCUT2D eigenvalue weighted by Crippen LogP contribution is 2.28. The molecule has 3 amide bonds. The fourth-order valence-electron chi connectivity index (χ4n) is 5.27. The first-order valence-corrected chi connectivity index (χ1v) is 14.5. The summed E-state index contributed by atoms with van der Waals surface area (Å²) in [6.07, 6.45) is 6.35. The van der Waals surface area contributed by atoms with E-state index in [0.717, 1.165) is 31.2 Å². The molecular weight excluding hydrogens is 498 g/mol. The Morgan fingerprint density at radius 1 is 0.949 bits per heavy atom. The predicted molar refractivity (Wildman–Crippen MR) is 150 cm³/mol. The van der Waals surface area contributed by atoms with Gasteiger partial charge in [-0.1, -0.05) is 76.3 Å². The third-order valence-corrected chi connectivity index (χ3v) is 7.71. The molecule has 0 spiro atoms. The molecule has 0 aliphatic heterocycles. The van der Waals surface area contributed by atoms with Crippen molar-refractivity contribution in [1.82, 2.24) is 16.0 Å². The van der Waals surface area contributed by atoms with E-state index in [1.165, 1.54) is 6.42 Å². The van der Waals surface area contributed by atoms with Crippen LogP contribution in [-0.2, 0) is 25.6 Å². The summed E-state index contributed by atoms with van der Waals surface area (Å²) in [7, 11) is 0. The summed E-state index contributed by atoms with van der Waals surface area (Å²) >= 11 is 0. The number of carboxylic acids is 1. The van der Waals surface area contributed by atoms with Crippen LogP contribution in [0.4, 0.5) is 0 Å². The van der Waals surface area contributed by atoms with E-state index >= 15 is 0 Å². The van der Waals surface area contributed by atoms with Gasteiger partial charge in [0, 0.05) is 18.9 Å². The van der Waals surface area contributed by atoms with Gasteiger partial charge in [0.05, 0.1) is 18.6 Å². The lowest BCUT2D eigenvalue weighted by molar-refractivity contribution is -0.138. The first kappa shape index (κ1) is 32.3. The lowest BCUT2D eigenvalue weighted by Gasteiger charge is -2.31. The Morgan fingerprint density at radius 2 is 1.62 bits per heavy atom. The summed E-state index contributed by atoms with van der Waals surface area (Å²) in [4.78, 5) is 49.7. The van der Waals surface area contributed by atoms with Crippen molar-refractivity contribution >= 4 is 23.7 Å². The van der Waals surface area contributed by atoms with Gasteiger partial charge in [0.1, 0.15) is 6.04 Å². The van der Waals surface area contributed by atoms with Crippen LogP contribution in [0.2, 0.25) is 0 Å². The van der Waals surface area contributed by atoms with E-state index in [2.05, 4.69) is 16.0 Å². The third-order valence-electron chi connectivity index (χ3n) is 7.71. The zero-order chi connectivity index (χ0) is 28.6. The summed E-state index contributed by atoms with van der Waals surface area (Å²) < 4.78 is 0. The van der Waals surface area contributed by atoms with Crippen molar-refractivity contribution in [2.24, 2.45) is 11.8 Å². The molecule has 0 saturated heterocycles. The van der Waals surface area contributed by atoms with E-state index in [-0.39, 0.29) is 31.1 Å². The molecule has 1 aromatic rings. The van der Waals surface area contributed by atoms with Crippen LogP contribution in [0.15, 0.2) is 30.3 Å². The minimum absolute atomic E-state index is 0.0642. The van der Waals surface area contributed by atoms with E-state index in [4.69, 9.17) is 5.11 Å². The molecule has 1 fully saturated rings. The summed E-state index contributed by atoms with van der Waals surface area (Å²) in [6, 6.07) is 8.02. The first-order valence-electron chi connectivity index (χ1n) is 14.5. The Hall–Kier alpha value is -2.94. The van der Waals surface area contributed by atoms with Crippen LogP contribution in [0.1, 0.15) is 90.0 Å². The monoisotopic (exact) mass is 545 g/mol. The number of rotatable bonds is 17. The second-order valence-corrected chi connectivity index (χ2v) is 10.7. The van der Waals surface area contributed by atoms with Gasteiger partial charge in [-0.05, 0) is 43.6 Å². The van der Waals surface area contributed by atoms with E-state index in [9.17, 15) is 24.3 Å². The molecule has 1 aromatic carbocycles. The van der Waals surface area contributed by atoms with Crippen LogP contribution in [0, 0.1) is 11.8 Å². The Balaban J connectivity index is 2.00. The molecule has 39 heavy (non-hydrogen) atoms. The van der Waals surface area contributed by atoms with Crippen LogP contribution in [-0.4, -0.2) is 58.6 Å². The van der Waals surface area contributed by atoms with Gasteiger partial charge in [0.2, 0.25) is 17.7 Å². The Kier molecular flexibility index (Phi) is 14.6. The zero-order valence-electron chi connectivity index (χ0n) is 23.5. The Bertz CT molecular complexity index is 899. The number of aliphatic hydroxyl groups excluding tert-OH is 1. The van der Waals surface area contributed by atoms with Crippen LogP contribution in [0.5, 0.6) is 0 Å². The molecule has 0 radical (unpaired) electrons. The molecule has 9 nitrogen and oxygen atoms in total. The molecule has 0 unspecified atom stereocenters. The fraction of sp³-hybridized carbons (Fsp3) is 0.667. The van der Waals surface area contributed by atoms with Crippen molar-refractivity contribution < 1.29 is 29.4 Å². The molecule has 3 atom stereocenters. The molecule has 1 aliphatic rings. The van der Waals surface area contributed by atoms with Gasteiger partial charge in [-0.2, -0.15) is 0 Å². The van der Waals surface area contributed by atoms with E-state index < -0.39 is 36.0 Å².